The third-order valence-corrected chi connectivity index (χ3v) is 2.18. The van der Waals surface area contributed by atoms with Crippen LogP contribution in [-0.2, 0) is 6.54 Å². The van der Waals surface area contributed by atoms with Crippen LogP contribution < -0.4 is 5.73 Å². The molecule has 0 saturated carbocycles. The average molecular weight is 245 g/mol. The fourth-order valence-electron chi connectivity index (χ4n) is 1.38. The summed E-state index contributed by atoms with van der Waals surface area (Å²) in [5.41, 5.74) is 5.05. The summed E-state index contributed by atoms with van der Waals surface area (Å²) in [6.07, 6.45) is 2.59. The highest BCUT2D eigenvalue weighted by Crippen LogP contribution is 2.20. The molecule has 0 spiro atoms. The first-order chi connectivity index (χ1) is 7.99. The minimum absolute atomic E-state index is 0.292. The second-order valence-electron chi connectivity index (χ2n) is 3.42. The summed E-state index contributed by atoms with van der Waals surface area (Å²) in [5, 5.41) is 3.69. The van der Waals surface area contributed by atoms with Crippen molar-refractivity contribution in [2.24, 2.45) is 0 Å². The molecule has 1 aromatic heterocycles. The van der Waals surface area contributed by atoms with Crippen molar-refractivity contribution in [1.29, 1.82) is 0 Å². The Bertz CT molecular complexity index is 565. The molecule has 2 aromatic rings. The Hall–Kier alpha value is -2.05. The number of nitrogen functional groups attached to an aromatic ring is 1. The van der Waals surface area contributed by atoms with Crippen molar-refractivity contribution >= 4 is 5.69 Å². The lowest BCUT2D eigenvalue weighted by molar-refractivity contribution is 0.420. The minimum atomic E-state index is -1.71. The lowest BCUT2D eigenvalue weighted by Gasteiger charge is -2.06. The van der Waals surface area contributed by atoms with E-state index in [1.165, 1.54) is 12.4 Å². The van der Waals surface area contributed by atoms with Crippen LogP contribution >= 0.6 is 0 Å². The van der Waals surface area contributed by atoms with E-state index in [0.717, 1.165) is 4.68 Å². The molecule has 0 aliphatic carbocycles. The highest BCUT2D eigenvalue weighted by Gasteiger charge is 2.19. The van der Waals surface area contributed by atoms with E-state index in [0.29, 0.717) is 11.8 Å². The molecule has 0 aliphatic heterocycles. The van der Waals surface area contributed by atoms with Gasteiger partial charge in [0.25, 0.3) is 0 Å². The molecule has 0 radical (unpaired) electrons. The topological polar surface area (TPSA) is 43.8 Å². The normalized spacial score (nSPS) is 10.8. The molecule has 7 heteroatoms. The van der Waals surface area contributed by atoms with E-state index in [4.69, 9.17) is 5.73 Å². The Labute approximate surface area is 93.5 Å². The molecule has 1 heterocycles. The van der Waals surface area contributed by atoms with Gasteiger partial charge in [-0.3, -0.25) is 4.68 Å². The predicted octanol–water partition coefficient (Wildman–Crippen LogP) is 2.07. The summed E-state index contributed by atoms with van der Waals surface area (Å²) in [6, 6.07) is 0.292. The summed E-state index contributed by atoms with van der Waals surface area (Å²) in [6.45, 7) is -0.369. The van der Waals surface area contributed by atoms with Crippen LogP contribution in [-0.4, -0.2) is 9.78 Å². The molecule has 17 heavy (non-hydrogen) atoms. The fraction of sp³-hybridized carbons (Fsp3) is 0.100. The summed E-state index contributed by atoms with van der Waals surface area (Å²) in [5.74, 6) is -6.00. The second kappa shape index (κ2) is 4.08. The number of halogens is 4. The van der Waals surface area contributed by atoms with Gasteiger partial charge >= 0.3 is 0 Å². The first kappa shape index (κ1) is 11.4. The zero-order valence-electron chi connectivity index (χ0n) is 8.42. The summed E-state index contributed by atoms with van der Waals surface area (Å²) < 4.78 is 53.2. The van der Waals surface area contributed by atoms with Gasteiger partial charge in [0.15, 0.2) is 17.5 Å². The molecule has 0 unspecified atom stereocenters. The van der Waals surface area contributed by atoms with Gasteiger partial charge in [-0.25, -0.2) is 17.6 Å². The summed E-state index contributed by atoms with van der Waals surface area (Å²) in [7, 11) is 0. The van der Waals surface area contributed by atoms with E-state index in [-0.39, 0.29) is 6.54 Å². The second-order valence-corrected chi connectivity index (χ2v) is 3.42. The van der Waals surface area contributed by atoms with E-state index >= 15 is 0 Å². The number of benzene rings is 1. The first-order valence-electron chi connectivity index (χ1n) is 4.59. The lowest BCUT2D eigenvalue weighted by atomic mass is 10.2. The zero-order chi connectivity index (χ0) is 12.6. The Kier molecular flexibility index (Phi) is 2.74. The Balaban J connectivity index is 2.42. The van der Waals surface area contributed by atoms with Gasteiger partial charge in [0.1, 0.15) is 5.82 Å². The number of aromatic nitrogens is 2. The molecule has 0 bridgehead atoms. The van der Waals surface area contributed by atoms with Crippen LogP contribution in [0.2, 0.25) is 0 Å². The molecule has 0 aliphatic rings. The van der Waals surface area contributed by atoms with Crippen molar-refractivity contribution in [3.05, 3.63) is 47.3 Å². The number of nitrogens with zero attached hydrogens (tertiary/aromatic N) is 2. The van der Waals surface area contributed by atoms with Crippen molar-refractivity contribution in [3.63, 3.8) is 0 Å². The Morgan fingerprint density at radius 3 is 2.41 bits per heavy atom. The van der Waals surface area contributed by atoms with Crippen LogP contribution in [0.5, 0.6) is 0 Å². The Morgan fingerprint density at radius 2 is 1.82 bits per heavy atom. The van der Waals surface area contributed by atoms with E-state index in [9.17, 15) is 17.6 Å². The molecule has 2 rings (SSSR count). The van der Waals surface area contributed by atoms with Gasteiger partial charge in [-0.2, -0.15) is 5.10 Å². The van der Waals surface area contributed by atoms with Crippen LogP contribution in [0.1, 0.15) is 5.56 Å². The van der Waals surface area contributed by atoms with Crippen LogP contribution in [0.25, 0.3) is 0 Å². The molecule has 0 saturated heterocycles. The smallest absolute Gasteiger partial charge is 0.194 e. The van der Waals surface area contributed by atoms with E-state index in [1.807, 2.05) is 0 Å². The van der Waals surface area contributed by atoms with Crippen molar-refractivity contribution in [1.82, 2.24) is 9.78 Å². The average Bonchev–Trinajstić information content (AvgIpc) is 2.67. The zero-order valence-corrected chi connectivity index (χ0v) is 8.42. The summed E-state index contributed by atoms with van der Waals surface area (Å²) in [4.78, 5) is 0. The number of anilines is 1. The van der Waals surface area contributed by atoms with Crippen LogP contribution in [0, 0.1) is 23.3 Å². The maximum atomic E-state index is 13.3. The highest BCUT2D eigenvalue weighted by atomic mass is 19.2. The quantitative estimate of drug-likeness (QED) is 0.500. The maximum Gasteiger partial charge on any atom is 0.194 e. The van der Waals surface area contributed by atoms with E-state index in [1.54, 1.807) is 0 Å². The predicted molar refractivity (Wildman–Crippen MR) is 52.0 cm³/mol. The number of hydrogen-bond donors (Lipinski definition) is 1. The van der Waals surface area contributed by atoms with Gasteiger partial charge in [-0.15, -0.1) is 0 Å². The molecule has 3 nitrogen and oxygen atoms in total. The van der Waals surface area contributed by atoms with Crippen molar-refractivity contribution in [3.8, 4) is 0 Å². The maximum absolute atomic E-state index is 13.3. The number of hydrogen-bond acceptors (Lipinski definition) is 2. The minimum Gasteiger partial charge on any atom is -0.396 e. The molecule has 2 N–H and O–H groups in total. The Morgan fingerprint density at radius 1 is 1.12 bits per heavy atom. The first-order valence-corrected chi connectivity index (χ1v) is 4.59. The molecule has 1 aromatic carbocycles. The molecule has 90 valence electrons. The van der Waals surface area contributed by atoms with E-state index < -0.39 is 28.8 Å². The number of rotatable bonds is 2. The van der Waals surface area contributed by atoms with Gasteiger partial charge in [0.2, 0.25) is 0 Å². The third-order valence-electron chi connectivity index (χ3n) is 2.18. The highest BCUT2D eigenvalue weighted by molar-refractivity contribution is 5.31. The fourth-order valence-corrected chi connectivity index (χ4v) is 1.38. The van der Waals surface area contributed by atoms with Crippen LogP contribution in [0.3, 0.4) is 0 Å². The SMILES string of the molecule is Nc1cnn(Cc2c(F)cc(F)c(F)c2F)c1. The van der Waals surface area contributed by atoms with Gasteiger partial charge in [0, 0.05) is 17.8 Å². The molecule has 0 amide bonds. The van der Waals surface area contributed by atoms with E-state index in [2.05, 4.69) is 5.10 Å². The third kappa shape index (κ3) is 2.08. The standard InChI is InChI=1S/C10H7F4N3/c11-7-1-8(12)10(14)9(13)6(7)4-17-3-5(15)2-16-17/h1-3H,4,15H2. The molecule has 0 atom stereocenters. The van der Waals surface area contributed by atoms with Crippen LogP contribution in [0.15, 0.2) is 18.5 Å². The van der Waals surface area contributed by atoms with Gasteiger partial charge < -0.3 is 5.73 Å². The lowest BCUT2D eigenvalue weighted by Crippen LogP contribution is -2.08. The molecular formula is C10H7F4N3. The van der Waals surface area contributed by atoms with Crippen LogP contribution in [0.4, 0.5) is 23.2 Å². The van der Waals surface area contributed by atoms with Gasteiger partial charge in [-0.05, 0) is 0 Å². The molecular weight excluding hydrogens is 238 g/mol. The summed E-state index contributed by atoms with van der Waals surface area (Å²) >= 11 is 0. The van der Waals surface area contributed by atoms with Crippen molar-refractivity contribution in [2.75, 3.05) is 5.73 Å². The monoisotopic (exact) mass is 245 g/mol. The molecule has 0 fully saturated rings. The number of nitrogens with two attached hydrogens (primary N) is 1. The largest absolute Gasteiger partial charge is 0.396 e. The van der Waals surface area contributed by atoms with Crippen molar-refractivity contribution in [2.45, 2.75) is 6.54 Å². The van der Waals surface area contributed by atoms with Gasteiger partial charge in [-0.1, -0.05) is 0 Å². The van der Waals surface area contributed by atoms with Gasteiger partial charge in [0.05, 0.1) is 18.4 Å². The van der Waals surface area contributed by atoms with Crippen molar-refractivity contribution < 1.29 is 17.6 Å².